The van der Waals surface area contributed by atoms with Crippen molar-refractivity contribution in [2.75, 3.05) is 33.0 Å². The molecule has 8 heteroatoms. The molecule has 2 fully saturated rings. The Bertz CT molecular complexity index is 992. The second-order valence-corrected chi connectivity index (χ2v) is 9.01. The van der Waals surface area contributed by atoms with Gasteiger partial charge in [-0.1, -0.05) is 23.9 Å². The van der Waals surface area contributed by atoms with Crippen LogP contribution in [0.4, 0.5) is 0 Å². The summed E-state index contributed by atoms with van der Waals surface area (Å²) >= 11 is 1.65. The van der Waals surface area contributed by atoms with Gasteiger partial charge in [-0.3, -0.25) is 4.98 Å². The van der Waals surface area contributed by atoms with Gasteiger partial charge in [-0.05, 0) is 25.1 Å². The van der Waals surface area contributed by atoms with Gasteiger partial charge in [0.25, 0.3) is 0 Å². The number of benzene rings is 1. The normalized spacial score (nSPS) is 19.1. The van der Waals surface area contributed by atoms with Crippen LogP contribution < -0.4 is 4.74 Å². The Balaban J connectivity index is 1.16. The van der Waals surface area contributed by atoms with Gasteiger partial charge in [-0.25, -0.2) is 4.98 Å². The fraction of sp³-hybridized carbons (Fsp3) is 0.478. The molecule has 0 aliphatic carbocycles. The highest BCUT2D eigenvalue weighted by atomic mass is 32.2. The molecule has 2 aromatic heterocycles. The lowest BCUT2D eigenvalue weighted by Gasteiger charge is -2.42. The van der Waals surface area contributed by atoms with Gasteiger partial charge in [0.15, 0.2) is 10.9 Å². The zero-order valence-electron chi connectivity index (χ0n) is 17.6. The molecule has 3 aromatic rings. The average molecular weight is 442 g/mol. The minimum Gasteiger partial charge on any atom is -0.493 e. The van der Waals surface area contributed by atoms with Gasteiger partial charge in [0.1, 0.15) is 5.75 Å². The first kappa shape index (κ1) is 20.8. The smallest absolute Gasteiger partial charge is 0.172 e. The Kier molecular flexibility index (Phi) is 6.13. The number of aromatic nitrogens is 3. The minimum atomic E-state index is -0.442. The van der Waals surface area contributed by atoms with Crippen LogP contribution in [0.1, 0.15) is 24.1 Å². The number of nitrogens with zero attached hydrogens (tertiary/aromatic N) is 2. The molecular weight excluding hydrogens is 414 g/mol. The van der Waals surface area contributed by atoms with Gasteiger partial charge >= 0.3 is 0 Å². The molecule has 2 aliphatic heterocycles. The largest absolute Gasteiger partial charge is 0.493 e. The number of para-hydroxylation sites is 2. The zero-order valence-corrected chi connectivity index (χ0v) is 18.5. The van der Waals surface area contributed by atoms with Crippen LogP contribution in [0.25, 0.3) is 11.0 Å². The Hall–Kier alpha value is -2.13. The highest BCUT2D eigenvalue weighted by Crippen LogP contribution is 2.32. The Morgan fingerprint density at radius 1 is 1.16 bits per heavy atom. The Morgan fingerprint density at radius 2 is 1.97 bits per heavy atom. The summed E-state index contributed by atoms with van der Waals surface area (Å²) in [6.07, 6.45) is 3.41. The molecule has 5 rings (SSSR count). The average Bonchev–Trinajstić information content (AvgIpc) is 3.22. The van der Waals surface area contributed by atoms with E-state index in [9.17, 15) is 0 Å². The van der Waals surface area contributed by atoms with Crippen LogP contribution in [0.15, 0.2) is 41.7 Å². The highest BCUT2D eigenvalue weighted by molar-refractivity contribution is 7.98. The first-order valence-corrected chi connectivity index (χ1v) is 11.7. The molecule has 2 saturated heterocycles. The summed E-state index contributed by atoms with van der Waals surface area (Å²) in [4.78, 5) is 12.5. The van der Waals surface area contributed by atoms with E-state index in [0.29, 0.717) is 33.0 Å². The van der Waals surface area contributed by atoms with Crippen molar-refractivity contribution in [2.24, 2.45) is 5.92 Å². The van der Waals surface area contributed by atoms with Gasteiger partial charge in [-0.2, -0.15) is 0 Å². The molecule has 164 valence electrons. The number of imidazole rings is 1. The lowest BCUT2D eigenvalue weighted by Crippen LogP contribution is -2.48. The van der Waals surface area contributed by atoms with Crippen LogP contribution in [-0.4, -0.2) is 53.8 Å². The standard InChI is InChI=1S/C23H27N3O4S/c1-16-20(15-31-22-25-18-4-2-3-5-19(18)26-22)24-9-6-21(16)28-12-17-13-29-23(30-14-17)7-10-27-11-8-23/h2-6,9,17H,7-8,10-15H2,1H3,(H,25,26). The van der Waals surface area contributed by atoms with E-state index in [0.717, 1.165) is 51.8 Å². The van der Waals surface area contributed by atoms with Gasteiger partial charge in [0, 0.05) is 36.3 Å². The third-order valence-corrected chi connectivity index (χ3v) is 6.75. The van der Waals surface area contributed by atoms with E-state index < -0.39 is 5.79 Å². The number of H-pyrrole nitrogens is 1. The fourth-order valence-corrected chi connectivity index (χ4v) is 4.81. The molecule has 1 spiro atoms. The predicted molar refractivity (Wildman–Crippen MR) is 118 cm³/mol. The lowest BCUT2D eigenvalue weighted by atomic mass is 10.0. The van der Waals surface area contributed by atoms with E-state index in [1.165, 1.54) is 0 Å². The molecule has 0 amide bonds. The minimum absolute atomic E-state index is 0.217. The number of hydrogen-bond acceptors (Lipinski definition) is 7. The van der Waals surface area contributed by atoms with Crippen molar-refractivity contribution in [3.63, 3.8) is 0 Å². The summed E-state index contributed by atoms with van der Waals surface area (Å²) in [5.41, 5.74) is 4.09. The predicted octanol–water partition coefficient (Wildman–Crippen LogP) is 4.11. The van der Waals surface area contributed by atoms with E-state index >= 15 is 0 Å². The van der Waals surface area contributed by atoms with Crippen molar-refractivity contribution >= 4 is 22.8 Å². The molecule has 0 saturated carbocycles. The van der Waals surface area contributed by atoms with Crippen molar-refractivity contribution in [2.45, 2.75) is 36.5 Å². The quantitative estimate of drug-likeness (QED) is 0.577. The third-order valence-electron chi connectivity index (χ3n) is 5.87. The molecule has 0 radical (unpaired) electrons. The first-order valence-electron chi connectivity index (χ1n) is 10.7. The van der Waals surface area contributed by atoms with Crippen LogP contribution in [0.5, 0.6) is 5.75 Å². The highest BCUT2D eigenvalue weighted by Gasteiger charge is 2.39. The molecular formula is C23H27N3O4S. The molecule has 2 aliphatic rings. The summed E-state index contributed by atoms with van der Waals surface area (Å²) in [6.45, 7) is 5.32. The summed E-state index contributed by atoms with van der Waals surface area (Å²) in [5.74, 6) is 1.36. The van der Waals surface area contributed by atoms with Crippen molar-refractivity contribution in [3.8, 4) is 5.75 Å². The molecule has 31 heavy (non-hydrogen) atoms. The Labute approximate surface area is 185 Å². The molecule has 1 N–H and O–H groups in total. The number of aromatic amines is 1. The maximum Gasteiger partial charge on any atom is 0.172 e. The molecule has 7 nitrogen and oxygen atoms in total. The molecule has 4 heterocycles. The van der Waals surface area contributed by atoms with Crippen molar-refractivity contribution in [3.05, 3.63) is 47.8 Å². The van der Waals surface area contributed by atoms with E-state index in [1.807, 2.05) is 36.5 Å². The van der Waals surface area contributed by atoms with Crippen molar-refractivity contribution in [1.82, 2.24) is 15.0 Å². The van der Waals surface area contributed by atoms with Crippen molar-refractivity contribution in [1.29, 1.82) is 0 Å². The van der Waals surface area contributed by atoms with Gasteiger partial charge in [0.05, 0.1) is 49.8 Å². The monoisotopic (exact) mass is 441 g/mol. The molecule has 0 unspecified atom stereocenters. The SMILES string of the molecule is Cc1c(OCC2COC3(CCOCC3)OC2)ccnc1CSc1nc2ccccc2[nH]1. The number of nitrogens with one attached hydrogen (secondary N) is 1. The number of hydrogen-bond donors (Lipinski definition) is 1. The van der Waals surface area contributed by atoms with E-state index in [-0.39, 0.29) is 5.92 Å². The molecule has 1 aromatic carbocycles. The molecule has 0 atom stereocenters. The Morgan fingerprint density at radius 3 is 2.77 bits per heavy atom. The van der Waals surface area contributed by atoms with Crippen LogP contribution in [0, 0.1) is 12.8 Å². The van der Waals surface area contributed by atoms with Crippen LogP contribution in [-0.2, 0) is 20.0 Å². The number of ether oxygens (including phenoxy) is 4. The number of thioether (sulfide) groups is 1. The van der Waals surface area contributed by atoms with Crippen LogP contribution in [0.2, 0.25) is 0 Å². The van der Waals surface area contributed by atoms with E-state index in [2.05, 4.69) is 21.9 Å². The lowest BCUT2D eigenvalue weighted by molar-refractivity contribution is -0.308. The second-order valence-electron chi connectivity index (χ2n) is 8.05. The summed E-state index contributed by atoms with van der Waals surface area (Å²) in [7, 11) is 0. The first-order chi connectivity index (χ1) is 15.2. The molecule has 0 bridgehead atoms. The third kappa shape index (κ3) is 4.72. The number of fused-ring (bicyclic) bond motifs is 1. The number of rotatable bonds is 6. The second kappa shape index (κ2) is 9.16. The maximum atomic E-state index is 6.14. The topological polar surface area (TPSA) is 78.5 Å². The van der Waals surface area contributed by atoms with E-state index in [4.69, 9.17) is 18.9 Å². The maximum absolute atomic E-state index is 6.14. The zero-order chi connectivity index (χ0) is 21.1. The summed E-state index contributed by atoms with van der Waals surface area (Å²) < 4.78 is 23.7. The van der Waals surface area contributed by atoms with Gasteiger partial charge < -0.3 is 23.9 Å². The van der Waals surface area contributed by atoms with Gasteiger partial charge in [-0.15, -0.1) is 0 Å². The van der Waals surface area contributed by atoms with Crippen LogP contribution >= 0.6 is 11.8 Å². The van der Waals surface area contributed by atoms with E-state index in [1.54, 1.807) is 11.8 Å². The van der Waals surface area contributed by atoms with Crippen molar-refractivity contribution < 1.29 is 18.9 Å². The van der Waals surface area contributed by atoms with Gasteiger partial charge in [0.2, 0.25) is 0 Å². The fourth-order valence-electron chi connectivity index (χ4n) is 3.90. The van der Waals surface area contributed by atoms with Crippen LogP contribution in [0.3, 0.4) is 0 Å². The summed E-state index contributed by atoms with van der Waals surface area (Å²) in [6, 6.07) is 9.97. The summed E-state index contributed by atoms with van der Waals surface area (Å²) in [5, 5.41) is 0.896. The number of pyridine rings is 1.